The highest BCUT2D eigenvalue weighted by molar-refractivity contribution is 4.88. The van der Waals surface area contributed by atoms with Crippen LogP contribution < -0.4 is 0 Å². The van der Waals surface area contributed by atoms with Crippen LogP contribution >= 0.6 is 0 Å². The molecule has 0 spiro atoms. The normalized spacial score (nSPS) is 28.6. The number of hydrogen-bond donors (Lipinski definition) is 0. The molecule has 2 atom stereocenters. The molecule has 0 N–H and O–H groups in total. The first-order valence-corrected chi connectivity index (χ1v) is 6.46. The van der Waals surface area contributed by atoms with Crippen LogP contribution in [0.2, 0.25) is 0 Å². The Bertz CT molecular complexity index is 234. The molecule has 0 aromatic heterocycles. The van der Waals surface area contributed by atoms with Gasteiger partial charge in [-0.2, -0.15) is 5.26 Å². The maximum atomic E-state index is 8.91. The van der Waals surface area contributed by atoms with Gasteiger partial charge in [0.2, 0.25) is 0 Å². The summed E-state index contributed by atoms with van der Waals surface area (Å²) in [4.78, 5) is 4.90. The highest BCUT2D eigenvalue weighted by Gasteiger charge is 2.25. The summed E-state index contributed by atoms with van der Waals surface area (Å²) in [5, 5.41) is 8.91. The second-order valence-corrected chi connectivity index (χ2v) is 5.19. The highest BCUT2D eigenvalue weighted by Crippen LogP contribution is 2.16. The summed E-state index contributed by atoms with van der Waals surface area (Å²) < 4.78 is 0. The number of unbranched alkanes of at least 4 members (excludes halogenated alkanes) is 1. The molecule has 0 radical (unpaired) electrons. The smallest absolute Gasteiger partial charge is 0.0638 e. The maximum Gasteiger partial charge on any atom is 0.0638 e. The van der Waals surface area contributed by atoms with E-state index >= 15 is 0 Å². The van der Waals surface area contributed by atoms with Gasteiger partial charge in [0.25, 0.3) is 0 Å². The molecule has 1 aliphatic heterocycles. The zero-order valence-electron chi connectivity index (χ0n) is 10.9. The van der Waals surface area contributed by atoms with Crippen molar-refractivity contribution < 1.29 is 0 Å². The lowest BCUT2D eigenvalue weighted by atomic mass is 10.1. The molecule has 92 valence electrons. The number of nitrogens with zero attached hydrogens (tertiary/aromatic N) is 3. The minimum atomic E-state index is 0.437. The van der Waals surface area contributed by atoms with Crippen molar-refractivity contribution in [2.75, 3.05) is 33.2 Å². The van der Waals surface area contributed by atoms with Crippen LogP contribution in [0.3, 0.4) is 0 Å². The number of hydrogen-bond acceptors (Lipinski definition) is 3. The molecule has 2 unspecified atom stereocenters. The Balaban J connectivity index is 2.61. The molecule has 0 amide bonds. The summed E-state index contributed by atoms with van der Waals surface area (Å²) in [5.41, 5.74) is 0. The topological polar surface area (TPSA) is 30.3 Å². The first-order valence-electron chi connectivity index (χ1n) is 6.46. The van der Waals surface area contributed by atoms with Gasteiger partial charge in [-0.1, -0.05) is 20.3 Å². The predicted octanol–water partition coefficient (Wildman–Crippen LogP) is 1.95. The maximum absolute atomic E-state index is 8.91. The van der Waals surface area contributed by atoms with Gasteiger partial charge in [-0.05, 0) is 25.9 Å². The molecule has 0 aliphatic carbocycles. The fraction of sp³-hybridized carbons (Fsp3) is 0.923. The van der Waals surface area contributed by atoms with Crippen molar-refractivity contribution in [2.24, 2.45) is 5.92 Å². The number of nitriles is 1. The van der Waals surface area contributed by atoms with Gasteiger partial charge in [-0.15, -0.1) is 0 Å². The van der Waals surface area contributed by atoms with E-state index in [1.807, 2.05) is 0 Å². The second-order valence-electron chi connectivity index (χ2n) is 5.19. The summed E-state index contributed by atoms with van der Waals surface area (Å²) in [5.74, 6) is 0.713. The second kappa shape index (κ2) is 6.88. The Kier molecular flexibility index (Phi) is 5.79. The standard InChI is InChI=1S/C13H25N3/c1-4-5-8-16-10-12(2)9-15(3)11-13(16)6-7-14/h12-13H,4-6,8-11H2,1-3H3. The third-order valence-corrected chi connectivity index (χ3v) is 3.33. The number of rotatable bonds is 4. The van der Waals surface area contributed by atoms with Crippen LogP contribution in [0.15, 0.2) is 0 Å². The van der Waals surface area contributed by atoms with E-state index in [1.165, 1.54) is 12.8 Å². The fourth-order valence-corrected chi connectivity index (χ4v) is 2.62. The van der Waals surface area contributed by atoms with Gasteiger partial charge in [0.15, 0.2) is 0 Å². The molecule has 1 saturated heterocycles. The van der Waals surface area contributed by atoms with Crippen LogP contribution in [0.5, 0.6) is 0 Å². The summed E-state index contributed by atoms with van der Waals surface area (Å²) in [6, 6.07) is 2.78. The molecule has 3 nitrogen and oxygen atoms in total. The quantitative estimate of drug-likeness (QED) is 0.730. The molecule has 0 saturated carbocycles. The molecule has 1 aliphatic rings. The van der Waals surface area contributed by atoms with Crippen molar-refractivity contribution in [1.82, 2.24) is 9.80 Å². The van der Waals surface area contributed by atoms with E-state index in [4.69, 9.17) is 5.26 Å². The fourth-order valence-electron chi connectivity index (χ4n) is 2.62. The molecule has 0 aromatic rings. The third kappa shape index (κ3) is 4.11. The molecule has 16 heavy (non-hydrogen) atoms. The highest BCUT2D eigenvalue weighted by atomic mass is 15.2. The SMILES string of the molecule is CCCCN1CC(C)CN(C)CC1CC#N. The van der Waals surface area contributed by atoms with Gasteiger partial charge < -0.3 is 4.90 Å². The van der Waals surface area contributed by atoms with E-state index in [2.05, 4.69) is 36.8 Å². The van der Waals surface area contributed by atoms with Crippen molar-refractivity contribution in [2.45, 2.75) is 39.2 Å². The van der Waals surface area contributed by atoms with Gasteiger partial charge >= 0.3 is 0 Å². The number of likely N-dealkylation sites (N-methyl/N-ethyl adjacent to an activating group) is 1. The predicted molar refractivity (Wildman–Crippen MR) is 67.2 cm³/mol. The largest absolute Gasteiger partial charge is 0.304 e. The van der Waals surface area contributed by atoms with Gasteiger partial charge in [0.05, 0.1) is 12.5 Å². The Morgan fingerprint density at radius 3 is 2.69 bits per heavy atom. The van der Waals surface area contributed by atoms with E-state index in [9.17, 15) is 0 Å². The molecule has 0 bridgehead atoms. The average molecular weight is 223 g/mol. The van der Waals surface area contributed by atoms with Crippen LogP contribution in [-0.4, -0.2) is 49.1 Å². The third-order valence-electron chi connectivity index (χ3n) is 3.33. The zero-order valence-corrected chi connectivity index (χ0v) is 10.9. The molecule has 0 aromatic carbocycles. The summed E-state index contributed by atoms with van der Waals surface area (Å²) in [6.07, 6.45) is 3.15. The van der Waals surface area contributed by atoms with E-state index in [1.54, 1.807) is 0 Å². The van der Waals surface area contributed by atoms with Gasteiger partial charge in [0.1, 0.15) is 0 Å². The molecule has 1 fully saturated rings. The summed E-state index contributed by atoms with van der Waals surface area (Å²) in [7, 11) is 2.17. The molecular weight excluding hydrogens is 198 g/mol. The Hall–Kier alpha value is -0.590. The van der Waals surface area contributed by atoms with Crippen LogP contribution in [-0.2, 0) is 0 Å². The lowest BCUT2D eigenvalue weighted by molar-refractivity contribution is 0.182. The van der Waals surface area contributed by atoms with E-state index in [0.717, 1.165) is 26.2 Å². The van der Waals surface area contributed by atoms with Gasteiger partial charge in [-0.25, -0.2) is 0 Å². The van der Waals surface area contributed by atoms with Crippen molar-refractivity contribution in [3.63, 3.8) is 0 Å². The molecule has 1 rings (SSSR count). The zero-order chi connectivity index (χ0) is 12.0. The average Bonchev–Trinajstić information content (AvgIpc) is 2.35. The first kappa shape index (κ1) is 13.5. The van der Waals surface area contributed by atoms with Gasteiger partial charge in [-0.3, -0.25) is 4.90 Å². The van der Waals surface area contributed by atoms with Crippen LogP contribution in [0.4, 0.5) is 0 Å². The van der Waals surface area contributed by atoms with Crippen molar-refractivity contribution >= 4 is 0 Å². The van der Waals surface area contributed by atoms with Crippen molar-refractivity contribution in [3.05, 3.63) is 0 Å². The summed E-state index contributed by atoms with van der Waals surface area (Å²) in [6.45, 7) is 9.04. The van der Waals surface area contributed by atoms with E-state index in [0.29, 0.717) is 18.4 Å². The van der Waals surface area contributed by atoms with E-state index < -0.39 is 0 Å². The molecular formula is C13H25N3. The Morgan fingerprint density at radius 1 is 1.31 bits per heavy atom. The summed E-state index contributed by atoms with van der Waals surface area (Å²) >= 11 is 0. The minimum absolute atomic E-state index is 0.437. The Labute approximate surface area is 100 Å². The van der Waals surface area contributed by atoms with Crippen molar-refractivity contribution in [3.8, 4) is 6.07 Å². The molecule has 3 heteroatoms. The van der Waals surface area contributed by atoms with Crippen LogP contribution in [0, 0.1) is 17.2 Å². The first-order chi connectivity index (χ1) is 7.67. The lowest BCUT2D eigenvalue weighted by Gasteiger charge is -2.29. The minimum Gasteiger partial charge on any atom is -0.304 e. The van der Waals surface area contributed by atoms with Crippen LogP contribution in [0.1, 0.15) is 33.1 Å². The van der Waals surface area contributed by atoms with Gasteiger partial charge in [0, 0.05) is 25.7 Å². The lowest BCUT2D eigenvalue weighted by Crippen LogP contribution is -2.40. The Morgan fingerprint density at radius 2 is 2.06 bits per heavy atom. The van der Waals surface area contributed by atoms with E-state index in [-0.39, 0.29) is 0 Å². The molecule has 1 heterocycles. The monoisotopic (exact) mass is 223 g/mol. The van der Waals surface area contributed by atoms with Crippen LogP contribution in [0.25, 0.3) is 0 Å². The van der Waals surface area contributed by atoms with Crippen molar-refractivity contribution in [1.29, 1.82) is 5.26 Å².